The second kappa shape index (κ2) is 13.4. The summed E-state index contributed by atoms with van der Waals surface area (Å²) in [6, 6.07) is 0. The lowest BCUT2D eigenvalue weighted by molar-refractivity contribution is -0.146. The van der Waals surface area contributed by atoms with E-state index in [2.05, 4.69) is 13.8 Å². The molecular weight excluding hydrogens is 280 g/mol. The van der Waals surface area contributed by atoms with E-state index in [4.69, 9.17) is 9.47 Å². The van der Waals surface area contributed by atoms with Gasteiger partial charge in [0.05, 0.1) is 0 Å². The van der Waals surface area contributed by atoms with Gasteiger partial charge >= 0.3 is 11.9 Å². The molecule has 128 valence electrons. The number of esters is 2. The molecule has 0 aliphatic carbocycles. The largest absolute Gasteiger partial charge is 0.458 e. The van der Waals surface area contributed by atoms with Crippen LogP contribution in [0, 0.1) is 0 Å². The maximum atomic E-state index is 11.2. The molecule has 0 saturated carbocycles. The summed E-state index contributed by atoms with van der Waals surface area (Å²) in [5, 5.41) is 0. The molecule has 0 radical (unpaired) electrons. The maximum absolute atomic E-state index is 11.2. The predicted octanol–water partition coefficient (Wildman–Crippen LogP) is 4.57. The van der Waals surface area contributed by atoms with Crippen LogP contribution < -0.4 is 0 Å². The molecule has 0 aliphatic heterocycles. The first-order valence-corrected chi connectivity index (χ1v) is 8.52. The van der Waals surface area contributed by atoms with Crippen LogP contribution in [0.4, 0.5) is 0 Å². The van der Waals surface area contributed by atoms with E-state index in [1.165, 1.54) is 13.8 Å². The van der Waals surface area contributed by atoms with Crippen LogP contribution in [0.15, 0.2) is 12.2 Å². The topological polar surface area (TPSA) is 52.6 Å². The molecule has 0 aliphatic rings. The molecule has 2 atom stereocenters. The molecule has 0 aromatic rings. The highest BCUT2D eigenvalue weighted by Crippen LogP contribution is 2.13. The molecule has 0 amide bonds. The number of carbonyl (C=O) groups is 2. The summed E-state index contributed by atoms with van der Waals surface area (Å²) >= 11 is 0. The fraction of sp³-hybridized carbons (Fsp3) is 0.778. The monoisotopic (exact) mass is 312 g/mol. The summed E-state index contributed by atoms with van der Waals surface area (Å²) in [5.74, 6) is -0.553. The molecule has 4 heteroatoms. The van der Waals surface area contributed by atoms with Gasteiger partial charge in [-0.2, -0.15) is 0 Å². The van der Waals surface area contributed by atoms with Gasteiger partial charge in [-0.1, -0.05) is 39.5 Å². The van der Waals surface area contributed by atoms with Gasteiger partial charge in [-0.25, -0.2) is 0 Å². The van der Waals surface area contributed by atoms with Gasteiger partial charge in [0.2, 0.25) is 0 Å². The second-order valence-electron chi connectivity index (χ2n) is 5.67. The molecule has 4 nitrogen and oxygen atoms in total. The van der Waals surface area contributed by atoms with Crippen molar-refractivity contribution >= 4 is 11.9 Å². The van der Waals surface area contributed by atoms with E-state index in [-0.39, 0.29) is 24.1 Å². The van der Waals surface area contributed by atoms with Gasteiger partial charge in [0, 0.05) is 13.8 Å². The SMILES string of the molecule is CCCCC[C@@H](C=C[C@H](CCCCC)OC(C)=O)OC(C)=O. The van der Waals surface area contributed by atoms with Crippen molar-refractivity contribution in [2.24, 2.45) is 0 Å². The summed E-state index contributed by atoms with van der Waals surface area (Å²) in [7, 11) is 0. The minimum Gasteiger partial charge on any atom is -0.458 e. The lowest BCUT2D eigenvalue weighted by atomic mass is 10.1. The lowest BCUT2D eigenvalue weighted by Gasteiger charge is -2.16. The molecule has 0 saturated heterocycles. The minimum absolute atomic E-state index is 0.228. The standard InChI is InChI=1S/C18H32O4/c1-5-7-9-11-17(21-15(3)19)13-14-18(22-16(4)20)12-10-8-6-2/h13-14,17-18H,5-12H2,1-4H3/t17-,18-/m0/s1. The van der Waals surface area contributed by atoms with Gasteiger partial charge in [-0.15, -0.1) is 0 Å². The summed E-state index contributed by atoms with van der Waals surface area (Å²) in [6.07, 6.45) is 11.4. The number of rotatable bonds is 12. The Morgan fingerprint density at radius 2 is 1.14 bits per heavy atom. The van der Waals surface area contributed by atoms with Crippen LogP contribution in [0.2, 0.25) is 0 Å². The molecule has 0 unspecified atom stereocenters. The third-order valence-corrected chi connectivity index (χ3v) is 3.36. The third kappa shape index (κ3) is 12.4. The van der Waals surface area contributed by atoms with Crippen molar-refractivity contribution in [2.45, 2.75) is 91.3 Å². The molecule has 0 heterocycles. The zero-order chi connectivity index (χ0) is 16.8. The van der Waals surface area contributed by atoms with Crippen LogP contribution in [0.1, 0.15) is 79.1 Å². The Morgan fingerprint density at radius 3 is 1.41 bits per heavy atom. The van der Waals surface area contributed by atoms with Crippen molar-refractivity contribution in [2.75, 3.05) is 0 Å². The first-order valence-electron chi connectivity index (χ1n) is 8.52. The average Bonchev–Trinajstić information content (AvgIpc) is 2.43. The summed E-state index contributed by atoms with van der Waals surface area (Å²) in [4.78, 5) is 22.4. The van der Waals surface area contributed by atoms with Crippen molar-refractivity contribution in [3.8, 4) is 0 Å². The van der Waals surface area contributed by atoms with E-state index in [0.717, 1.165) is 51.4 Å². The van der Waals surface area contributed by atoms with Crippen LogP contribution in [0.5, 0.6) is 0 Å². The zero-order valence-electron chi connectivity index (χ0n) is 14.6. The fourth-order valence-electron chi connectivity index (χ4n) is 2.25. The van der Waals surface area contributed by atoms with Gasteiger partial charge in [-0.05, 0) is 37.8 Å². The van der Waals surface area contributed by atoms with Crippen molar-refractivity contribution in [1.82, 2.24) is 0 Å². The number of ether oxygens (including phenoxy) is 2. The Balaban J connectivity index is 4.56. The molecule has 0 aromatic heterocycles. The number of hydrogen-bond donors (Lipinski definition) is 0. The van der Waals surface area contributed by atoms with Crippen LogP contribution in [-0.2, 0) is 19.1 Å². The number of unbranched alkanes of at least 4 members (excludes halogenated alkanes) is 4. The number of carbonyl (C=O) groups excluding carboxylic acids is 2. The first-order chi connectivity index (χ1) is 10.5. The maximum Gasteiger partial charge on any atom is 0.303 e. The average molecular weight is 312 g/mol. The fourth-order valence-corrected chi connectivity index (χ4v) is 2.25. The van der Waals surface area contributed by atoms with E-state index in [0.29, 0.717) is 0 Å². The highest BCUT2D eigenvalue weighted by Gasteiger charge is 2.12. The van der Waals surface area contributed by atoms with Crippen LogP contribution >= 0.6 is 0 Å². The summed E-state index contributed by atoms with van der Waals surface area (Å²) < 4.78 is 10.6. The normalized spacial score (nSPS) is 13.8. The van der Waals surface area contributed by atoms with Crippen molar-refractivity contribution in [3.63, 3.8) is 0 Å². The molecule has 0 fully saturated rings. The Bertz CT molecular complexity index is 304. The quantitative estimate of drug-likeness (QED) is 0.301. The highest BCUT2D eigenvalue weighted by atomic mass is 16.5. The zero-order valence-corrected chi connectivity index (χ0v) is 14.6. The van der Waals surface area contributed by atoms with Crippen LogP contribution in [-0.4, -0.2) is 24.1 Å². The van der Waals surface area contributed by atoms with Gasteiger partial charge in [0.25, 0.3) is 0 Å². The Kier molecular flexibility index (Phi) is 12.5. The molecule has 0 N–H and O–H groups in total. The predicted molar refractivity (Wildman–Crippen MR) is 88.5 cm³/mol. The smallest absolute Gasteiger partial charge is 0.303 e. The highest BCUT2D eigenvalue weighted by molar-refractivity contribution is 5.66. The molecular formula is C18H32O4. The Hall–Kier alpha value is -1.32. The van der Waals surface area contributed by atoms with Crippen molar-refractivity contribution < 1.29 is 19.1 Å². The van der Waals surface area contributed by atoms with Gasteiger partial charge < -0.3 is 9.47 Å². The van der Waals surface area contributed by atoms with Gasteiger partial charge in [-0.3, -0.25) is 9.59 Å². The van der Waals surface area contributed by atoms with Crippen LogP contribution in [0.25, 0.3) is 0 Å². The second-order valence-corrected chi connectivity index (χ2v) is 5.67. The Morgan fingerprint density at radius 1 is 0.773 bits per heavy atom. The van der Waals surface area contributed by atoms with Gasteiger partial charge in [0.1, 0.15) is 12.2 Å². The molecule has 0 aromatic carbocycles. The van der Waals surface area contributed by atoms with Crippen molar-refractivity contribution in [1.29, 1.82) is 0 Å². The van der Waals surface area contributed by atoms with Crippen molar-refractivity contribution in [3.05, 3.63) is 12.2 Å². The lowest BCUT2D eigenvalue weighted by Crippen LogP contribution is -2.17. The van der Waals surface area contributed by atoms with Gasteiger partial charge in [0.15, 0.2) is 0 Å². The molecule has 0 spiro atoms. The molecule has 0 bridgehead atoms. The summed E-state index contributed by atoms with van der Waals surface area (Å²) in [5.41, 5.74) is 0. The third-order valence-electron chi connectivity index (χ3n) is 3.36. The van der Waals surface area contributed by atoms with E-state index in [1.807, 2.05) is 12.2 Å². The molecule has 0 rings (SSSR count). The molecule has 22 heavy (non-hydrogen) atoms. The first kappa shape index (κ1) is 20.7. The van der Waals surface area contributed by atoms with Crippen LogP contribution in [0.3, 0.4) is 0 Å². The minimum atomic E-state index is -0.277. The van der Waals surface area contributed by atoms with E-state index >= 15 is 0 Å². The number of hydrogen-bond acceptors (Lipinski definition) is 4. The van der Waals surface area contributed by atoms with E-state index in [9.17, 15) is 9.59 Å². The van der Waals surface area contributed by atoms with E-state index < -0.39 is 0 Å². The van der Waals surface area contributed by atoms with E-state index in [1.54, 1.807) is 0 Å². The Labute approximate surface area is 135 Å². The summed E-state index contributed by atoms with van der Waals surface area (Å²) in [6.45, 7) is 7.12.